The van der Waals surface area contributed by atoms with Gasteiger partial charge in [0.05, 0.1) is 12.0 Å². The highest BCUT2D eigenvalue weighted by atomic mass is 16.2. The number of nitrogens with zero attached hydrogens (tertiary/aromatic N) is 2. The summed E-state index contributed by atoms with van der Waals surface area (Å²) in [7, 11) is 0. The lowest BCUT2D eigenvalue weighted by atomic mass is 9.76. The average molecular weight is 369 g/mol. The van der Waals surface area contributed by atoms with Gasteiger partial charge in [-0.05, 0) is 41.3 Å². The molecule has 2 amide bonds. The zero-order valence-electron chi connectivity index (χ0n) is 15.2. The Bertz CT molecular complexity index is 1060. The van der Waals surface area contributed by atoms with Gasteiger partial charge in [-0.2, -0.15) is 0 Å². The van der Waals surface area contributed by atoms with Gasteiger partial charge in [0, 0.05) is 18.3 Å². The maximum Gasteiger partial charge on any atom is 0.254 e. The Hall–Kier alpha value is -3.47. The van der Waals surface area contributed by atoms with Crippen molar-refractivity contribution in [1.29, 1.82) is 0 Å². The summed E-state index contributed by atoms with van der Waals surface area (Å²) in [5, 5.41) is 2.94. The highest BCUT2D eigenvalue weighted by Gasteiger charge is 2.46. The highest BCUT2D eigenvalue weighted by Crippen LogP contribution is 2.46. The number of carbonyl (C=O) groups is 2. The van der Waals surface area contributed by atoms with E-state index in [0.717, 1.165) is 17.5 Å². The number of anilines is 1. The van der Waals surface area contributed by atoms with Crippen LogP contribution < -0.4 is 5.32 Å². The lowest BCUT2D eigenvalue weighted by Gasteiger charge is -2.45. The first kappa shape index (κ1) is 16.7. The van der Waals surface area contributed by atoms with E-state index in [0.29, 0.717) is 17.9 Å². The number of fused-ring (bicyclic) bond motifs is 4. The normalized spacial score (nSPS) is 20.0. The van der Waals surface area contributed by atoms with Crippen molar-refractivity contribution in [2.24, 2.45) is 0 Å². The minimum Gasteiger partial charge on any atom is -0.330 e. The zero-order chi connectivity index (χ0) is 19.1. The Balaban J connectivity index is 1.64. The summed E-state index contributed by atoms with van der Waals surface area (Å²) in [5.74, 6) is -0.128. The van der Waals surface area contributed by atoms with Crippen molar-refractivity contribution in [2.45, 2.75) is 18.4 Å². The number of hydrogen-bond donors (Lipinski definition) is 1. The van der Waals surface area contributed by atoms with Crippen molar-refractivity contribution >= 4 is 17.6 Å². The smallest absolute Gasteiger partial charge is 0.254 e. The molecule has 1 N–H and O–H groups in total. The number of benzene rings is 2. The van der Waals surface area contributed by atoms with Crippen LogP contribution in [-0.2, 0) is 11.2 Å². The van der Waals surface area contributed by atoms with Gasteiger partial charge in [-0.3, -0.25) is 9.59 Å². The van der Waals surface area contributed by atoms with E-state index in [1.165, 1.54) is 5.56 Å². The number of pyridine rings is 1. The molecule has 2 unspecified atom stereocenters. The van der Waals surface area contributed by atoms with Crippen molar-refractivity contribution in [3.63, 3.8) is 0 Å². The third kappa shape index (κ3) is 2.59. The number of rotatable bonds is 2. The molecular weight excluding hydrogens is 350 g/mol. The molecule has 2 aliphatic heterocycles. The minimum absolute atomic E-state index is 0.00279. The van der Waals surface area contributed by atoms with Gasteiger partial charge in [-0.25, -0.2) is 4.98 Å². The van der Waals surface area contributed by atoms with Crippen LogP contribution in [0.1, 0.15) is 39.0 Å². The Morgan fingerprint density at radius 3 is 2.54 bits per heavy atom. The van der Waals surface area contributed by atoms with Gasteiger partial charge in [0.2, 0.25) is 5.91 Å². The molecule has 5 nitrogen and oxygen atoms in total. The van der Waals surface area contributed by atoms with E-state index >= 15 is 0 Å². The van der Waals surface area contributed by atoms with Crippen LogP contribution in [0.5, 0.6) is 0 Å². The molecule has 0 aliphatic carbocycles. The van der Waals surface area contributed by atoms with E-state index < -0.39 is 5.92 Å². The van der Waals surface area contributed by atoms with Gasteiger partial charge in [0.1, 0.15) is 5.82 Å². The van der Waals surface area contributed by atoms with E-state index in [-0.39, 0.29) is 17.9 Å². The molecule has 0 bridgehead atoms. The van der Waals surface area contributed by atoms with Crippen LogP contribution in [0.15, 0.2) is 72.9 Å². The summed E-state index contributed by atoms with van der Waals surface area (Å²) in [4.78, 5) is 32.7. The van der Waals surface area contributed by atoms with Crippen LogP contribution in [-0.4, -0.2) is 28.2 Å². The molecular formula is C23H19N3O2. The van der Waals surface area contributed by atoms with Crippen LogP contribution in [0.4, 0.5) is 5.82 Å². The fourth-order valence-electron chi connectivity index (χ4n) is 4.40. The SMILES string of the molecule is O=C(Nc1ccccn1)C1c2ccccc2C(=O)N2CCc3ccccc3C12. The monoisotopic (exact) mass is 369 g/mol. The number of amides is 2. The Morgan fingerprint density at radius 1 is 0.964 bits per heavy atom. The Labute approximate surface area is 163 Å². The fourth-order valence-corrected chi connectivity index (χ4v) is 4.40. The van der Waals surface area contributed by atoms with Gasteiger partial charge < -0.3 is 10.2 Å². The maximum atomic E-state index is 13.4. The van der Waals surface area contributed by atoms with Crippen LogP contribution in [0.2, 0.25) is 0 Å². The molecule has 0 saturated carbocycles. The molecule has 2 aromatic carbocycles. The second-order valence-corrected chi connectivity index (χ2v) is 7.16. The van der Waals surface area contributed by atoms with Crippen LogP contribution in [0.3, 0.4) is 0 Å². The maximum absolute atomic E-state index is 13.4. The number of carbonyl (C=O) groups excluding carboxylic acids is 2. The Kier molecular flexibility index (Phi) is 3.93. The molecule has 28 heavy (non-hydrogen) atoms. The predicted molar refractivity (Wildman–Crippen MR) is 106 cm³/mol. The summed E-state index contributed by atoms with van der Waals surface area (Å²) in [5.41, 5.74) is 3.64. The van der Waals surface area contributed by atoms with Gasteiger partial charge in [-0.15, -0.1) is 0 Å². The van der Waals surface area contributed by atoms with Crippen molar-refractivity contribution in [1.82, 2.24) is 9.88 Å². The van der Waals surface area contributed by atoms with Gasteiger partial charge in [0.25, 0.3) is 5.91 Å². The molecule has 0 radical (unpaired) electrons. The topological polar surface area (TPSA) is 62.3 Å². The summed E-state index contributed by atoms with van der Waals surface area (Å²) >= 11 is 0. The summed E-state index contributed by atoms with van der Waals surface area (Å²) < 4.78 is 0. The van der Waals surface area contributed by atoms with Crippen molar-refractivity contribution < 1.29 is 9.59 Å². The van der Waals surface area contributed by atoms with Crippen LogP contribution >= 0.6 is 0 Å². The molecule has 0 fully saturated rings. The summed E-state index contributed by atoms with van der Waals surface area (Å²) in [6, 6.07) is 20.7. The standard InChI is InChI=1S/C23H19N3O2/c27-22(25-19-11-5-6-13-24-19)20-17-9-3-4-10-18(17)23(28)26-14-12-15-7-1-2-8-16(15)21(20)26/h1-11,13,20-21H,12,14H2,(H,24,25,27). The fraction of sp³-hybridized carbons (Fsp3) is 0.174. The number of aromatic nitrogens is 1. The molecule has 2 aliphatic rings. The molecule has 1 aromatic heterocycles. The molecule has 2 atom stereocenters. The van der Waals surface area contributed by atoms with E-state index in [9.17, 15) is 9.59 Å². The van der Waals surface area contributed by atoms with Gasteiger partial charge >= 0.3 is 0 Å². The predicted octanol–water partition coefficient (Wildman–Crippen LogP) is 3.56. The lowest BCUT2D eigenvalue weighted by molar-refractivity contribution is -0.119. The zero-order valence-corrected chi connectivity index (χ0v) is 15.2. The first-order valence-electron chi connectivity index (χ1n) is 9.43. The highest BCUT2D eigenvalue weighted by molar-refractivity contribution is 6.04. The van der Waals surface area contributed by atoms with E-state index in [4.69, 9.17) is 0 Å². The van der Waals surface area contributed by atoms with Crippen molar-refractivity contribution in [3.8, 4) is 0 Å². The molecule has 0 saturated heterocycles. The summed E-state index contributed by atoms with van der Waals surface area (Å²) in [6.45, 7) is 0.613. The van der Waals surface area contributed by atoms with Gasteiger partial charge in [0.15, 0.2) is 0 Å². The second-order valence-electron chi connectivity index (χ2n) is 7.16. The second kappa shape index (κ2) is 6.60. The minimum atomic E-state index is -0.489. The largest absolute Gasteiger partial charge is 0.330 e. The molecule has 3 aromatic rings. The summed E-state index contributed by atoms with van der Waals surface area (Å²) in [6.07, 6.45) is 2.45. The molecule has 5 rings (SSSR count). The van der Waals surface area contributed by atoms with Crippen LogP contribution in [0, 0.1) is 0 Å². The lowest BCUT2D eigenvalue weighted by Crippen LogP contribution is -2.49. The van der Waals surface area contributed by atoms with Crippen molar-refractivity contribution in [2.75, 3.05) is 11.9 Å². The molecule has 3 heterocycles. The molecule has 138 valence electrons. The first-order chi connectivity index (χ1) is 13.7. The average Bonchev–Trinajstić information content (AvgIpc) is 2.74. The van der Waals surface area contributed by atoms with E-state index in [1.807, 2.05) is 59.5 Å². The molecule has 5 heteroatoms. The third-order valence-corrected chi connectivity index (χ3v) is 5.63. The van der Waals surface area contributed by atoms with Crippen molar-refractivity contribution in [3.05, 3.63) is 95.2 Å². The van der Waals surface area contributed by atoms with E-state index in [2.05, 4.69) is 16.4 Å². The van der Waals surface area contributed by atoms with Gasteiger partial charge in [-0.1, -0.05) is 48.5 Å². The Morgan fingerprint density at radius 2 is 1.71 bits per heavy atom. The quantitative estimate of drug-likeness (QED) is 0.751. The van der Waals surface area contributed by atoms with Crippen LogP contribution in [0.25, 0.3) is 0 Å². The first-order valence-corrected chi connectivity index (χ1v) is 9.43. The van der Waals surface area contributed by atoms with E-state index in [1.54, 1.807) is 12.3 Å². The number of hydrogen-bond acceptors (Lipinski definition) is 3. The molecule has 0 spiro atoms. The third-order valence-electron chi connectivity index (χ3n) is 5.63. The number of nitrogens with one attached hydrogen (secondary N) is 1.